The van der Waals surface area contributed by atoms with Crippen molar-refractivity contribution in [2.45, 2.75) is 44.0 Å². The maximum Gasteiger partial charge on any atom is 0.251 e. The average molecular weight is 392 g/mol. The SMILES string of the molecule is CCCCCCNC(=O)c1ccc(CNS(=O)(=O)c2ccc(F)cc2)cc1. The van der Waals surface area contributed by atoms with E-state index in [1.54, 1.807) is 24.3 Å². The largest absolute Gasteiger partial charge is 0.352 e. The lowest BCUT2D eigenvalue weighted by Gasteiger charge is -2.08. The molecule has 2 aromatic carbocycles. The van der Waals surface area contributed by atoms with Crippen molar-refractivity contribution in [1.29, 1.82) is 0 Å². The highest BCUT2D eigenvalue weighted by Gasteiger charge is 2.13. The Morgan fingerprint density at radius 1 is 0.963 bits per heavy atom. The zero-order chi connectivity index (χ0) is 19.7. The van der Waals surface area contributed by atoms with Crippen LogP contribution in [0, 0.1) is 5.82 Å². The van der Waals surface area contributed by atoms with Crippen LogP contribution >= 0.6 is 0 Å². The molecule has 0 saturated heterocycles. The Hall–Kier alpha value is -2.25. The van der Waals surface area contributed by atoms with E-state index in [1.807, 2.05) is 0 Å². The molecule has 1 amide bonds. The van der Waals surface area contributed by atoms with Crippen molar-refractivity contribution >= 4 is 15.9 Å². The normalized spacial score (nSPS) is 11.3. The molecule has 0 aliphatic rings. The molecule has 0 atom stereocenters. The molecule has 0 unspecified atom stereocenters. The van der Waals surface area contributed by atoms with Gasteiger partial charge in [0.05, 0.1) is 4.90 Å². The molecule has 0 saturated carbocycles. The van der Waals surface area contributed by atoms with Gasteiger partial charge in [-0.2, -0.15) is 0 Å². The first-order valence-corrected chi connectivity index (χ1v) is 10.5. The van der Waals surface area contributed by atoms with Crippen LogP contribution < -0.4 is 10.0 Å². The number of benzene rings is 2. The third kappa shape index (κ3) is 6.77. The molecule has 0 aliphatic carbocycles. The minimum absolute atomic E-state index is 0.00275. The first-order chi connectivity index (χ1) is 12.9. The van der Waals surface area contributed by atoms with Crippen LogP contribution in [0.3, 0.4) is 0 Å². The van der Waals surface area contributed by atoms with E-state index >= 15 is 0 Å². The Labute approximate surface area is 160 Å². The average Bonchev–Trinajstić information content (AvgIpc) is 2.67. The minimum atomic E-state index is -3.72. The summed E-state index contributed by atoms with van der Waals surface area (Å²) in [7, 11) is -3.72. The van der Waals surface area contributed by atoms with Crippen LogP contribution in [0.5, 0.6) is 0 Å². The first-order valence-electron chi connectivity index (χ1n) is 9.05. The molecule has 2 N–H and O–H groups in total. The highest BCUT2D eigenvalue weighted by molar-refractivity contribution is 7.89. The quantitative estimate of drug-likeness (QED) is 0.607. The third-order valence-corrected chi connectivity index (χ3v) is 5.54. The number of hydrogen-bond acceptors (Lipinski definition) is 3. The fraction of sp³-hybridized carbons (Fsp3) is 0.350. The number of halogens is 1. The van der Waals surface area contributed by atoms with E-state index in [9.17, 15) is 17.6 Å². The lowest BCUT2D eigenvalue weighted by atomic mass is 10.1. The molecule has 0 radical (unpaired) electrons. The predicted molar refractivity (Wildman–Crippen MR) is 103 cm³/mol. The van der Waals surface area contributed by atoms with Gasteiger partial charge in [-0.25, -0.2) is 17.5 Å². The standard InChI is InChI=1S/C20H25FN2O3S/c1-2-3-4-5-14-22-20(24)17-8-6-16(7-9-17)15-23-27(25,26)19-12-10-18(21)11-13-19/h6-13,23H,2-5,14-15H2,1H3,(H,22,24). The van der Waals surface area contributed by atoms with Crippen LogP contribution in [0.15, 0.2) is 53.4 Å². The fourth-order valence-corrected chi connectivity index (χ4v) is 3.52. The zero-order valence-corrected chi connectivity index (χ0v) is 16.2. The van der Waals surface area contributed by atoms with Crippen molar-refractivity contribution in [2.75, 3.05) is 6.54 Å². The number of nitrogens with one attached hydrogen (secondary N) is 2. The van der Waals surface area contributed by atoms with Gasteiger partial charge >= 0.3 is 0 Å². The first kappa shape index (κ1) is 21.1. The van der Waals surface area contributed by atoms with E-state index in [1.165, 1.54) is 18.6 Å². The molecular formula is C20H25FN2O3S. The second-order valence-corrected chi connectivity index (χ2v) is 8.06. The van der Waals surface area contributed by atoms with Gasteiger partial charge in [0.25, 0.3) is 5.91 Å². The summed E-state index contributed by atoms with van der Waals surface area (Å²) in [5.74, 6) is -0.627. The summed E-state index contributed by atoms with van der Waals surface area (Å²) in [6.07, 6.45) is 4.38. The van der Waals surface area contributed by atoms with Crippen molar-refractivity contribution in [3.05, 3.63) is 65.5 Å². The molecule has 0 spiro atoms. The summed E-state index contributed by atoms with van der Waals surface area (Å²) >= 11 is 0. The molecule has 0 heterocycles. The summed E-state index contributed by atoms with van der Waals surface area (Å²) in [5.41, 5.74) is 1.26. The van der Waals surface area contributed by atoms with Crippen LogP contribution in [-0.4, -0.2) is 20.9 Å². The van der Waals surface area contributed by atoms with Gasteiger partial charge in [0, 0.05) is 18.7 Å². The lowest BCUT2D eigenvalue weighted by molar-refractivity contribution is 0.0953. The van der Waals surface area contributed by atoms with Gasteiger partial charge in [-0.15, -0.1) is 0 Å². The maximum atomic E-state index is 12.9. The van der Waals surface area contributed by atoms with Crippen LogP contribution in [0.2, 0.25) is 0 Å². The smallest absolute Gasteiger partial charge is 0.251 e. The number of amides is 1. The van der Waals surface area contributed by atoms with Crippen molar-refractivity contribution in [2.24, 2.45) is 0 Å². The summed E-state index contributed by atoms with van der Waals surface area (Å²) in [5, 5.41) is 2.88. The Morgan fingerprint density at radius 2 is 1.63 bits per heavy atom. The van der Waals surface area contributed by atoms with E-state index < -0.39 is 15.8 Å². The van der Waals surface area contributed by atoms with Crippen LogP contribution in [0.1, 0.15) is 48.5 Å². The van der Waals surface area contributed by atoms with Gasteiger partial charge in [0.1, 0.15) is 5.82 Å². The van der Waals surface area contributed by atoms with Crippen molar-refractivity contribution in [3.63, 3.8) is 0 Å². The van der Waals surface area contributed by atoms with Gasteiger partial charge in [0.2, 0.25) is 10.0 Å². The molecule has 5 nitrogen and oxygen atoms in total. The second kappa shape index (κ2) is 10.2. The Bertz CT molecular complexity index is 835. The van der Waals surface area contributed by atoms with Gasteiger partial charge in [-0.3, -0.25) is 4.79 Å². The van der Waals surface area contributed by atoms with E-state index in [4.69, 9.17) is 0 Å². The molecule has 2 aromatic rings. The summed E-state index contributed by atoms with van der Waals surface area (Å²) in [6.45, 7) is 2.87. The Morgan fingerprint density at radius 3 is 2.26 bits per heavy atom. The number of sulfonamides is 1. The maximum absolute atomic E-state index is 12.9. The van der Waals surface area contributed by atoms with E-state index in [-0.39, 0.29) is 17.3 Å². The van der Waals surface area contributed by atoms with Crippen LogP contribution in [0.4, 0.5) is 4.39 Å². The molecule has 0 fully saturated rings. The number of hydrogen-bond donors (Lipinski definition) is 2. The van der Waals surface area contributed by atoms with Crippen LogP contribution in [-0.2, 0) is 16.6 Å². The second-order valence-electron chi connectivity index (χ2n) is 6.29. The van der Waals surface area contributed by atoms with E-state index in [0.717, 1.165) is 37.0 Å². The van der Waals surface area contributed by atoms with Gasteiger partial charge < -0.3 is 5.32 Å². The van der Waals surface area contributed by atoms with E-state index in [2.05, 4.69) is 17.0 Å². The summed E-state index contributed by atoms with van der Waals surface area (Å²) in [4.78, 5) is 12.1. The van der Waals surface area contributed by atoms with Gasteiger partial charge in [-0.1, -0.05) is 38.3 Å². The molecule has 0 bridgehead atoms. The van der Waals surface area contributed by atoms with Crippen LogP contribution in [0.25, 0.3) is 0 Å². The number of carbonyl (C=O) groups is 1. The predicted octanol–water partition coefficient (Wildman–Crippen LogP) is 3.61. The van der Waals surface area contributed by atoms with Gasteiger partial charge in [0.15, 0.2) is 0 Å². The van der Waals surface area contributed by atoms with Gasteiger partial charge in [-0.05, 0) is 48.4 Å². The number of rotatable bonds is 10. The van der Waals surface area contributed by atoms with E-state index in [0.29, 0.717) is 12.1 Å². The Kier molecular flexibility index (Phi) is 7.94. The summed E-state index contributed by atoms with van der Waals surface area (Å²) in [6, 6.07) is 11.4. The highest BCUT2D eigenvalue weighted by Crippen LogP contribution is 2.11. The topological polar surface area (TPSA) is 75.3 Å². The molecule has 0 aliphatic heterocycles. The van der Waals surface area contributed by atoms with Crippen molar-refractivity contribution in [3.8, 4) is 0 Å². The summed E-state index contributed by atoms with van der Waals surface area (Å²) < 4.78 is 39.8. The zero-order valence-electron chi connectivity index (χ0n) is 15.4. The molecule has 0 aromatic heterocycles. The number of carbonyl (C=O) groups excluding carboxylic acids is 1. The molecule has 27 heavy (non-hydrogen) atoms. The van der Waals surface area contributed by atoms with Crippen molar-refractivity contribution < 1.29 is 17.6 Å². The molecular weight excluding hydrogens is 367 g/mol. The molecule has 146 valence electrons. The Balaban J connectivity index is 1.86. The fourth-order valence-electron chi connectivity index (χ4n) is 2.51. The highest BCUT2D eigenvalue weighted by atomic mass is 32.2. The molecule has 2 rings (SSSR count). The third-order valence-electron chi connectivity index (χ3n) is 4.12. The molecule has 7 heteroatoms. The van der Waals surface area contributed by atoms with Crippen molar-refractivity contribution in [1.82, 2.24) is 10.0 Å². The minimum Gasteiger partial charge on any atom is -0.352 e. The lowest BCUT2D eigenvalue weighted by Crippen LogP contribution is -2.25. The monoisotopic (exact) mass is 392 g/mol. The number of unbranched alkanes of at least 4 members (excludes halogenated alkanes) is 3.